The van der Waals surface area contributed by atoms with Gasteiger partial charge in [-0.2, -0.15) is 4.37 Å². The quantitative estimate of drug-likeness (QED) is 0.622. The summed E-state index contributed by atoms with van der Waals surface area (Å²) in [5.41, 5.74) is 1.93. The largest absolute Gasteiger partial charge is 0.330 e. The molecule has 0 fully saturated rings. The Morgan fingerprint density at radius 2 is 2.00 bits per heavy atom. The molecule has 0 amide bonds. The van der Waals surface area contributed by atoms with Crippen LogP contribution in [0.25, 0.3) is 0 Å². The number of hydrogen-bond donors (Lipinski definition) is 2. The molecule has 0 saturated heterocycles. The lowest BCUT2D eigenvalue weighted by atomic mass is 10.2. The van der Waals surface area contributed by atoms with Gasteiger partial charge in [0.25, 0.3) is 0 Å². The number of halogens is 2. The first kappa shape index (κ1) is 17.8. The van der Waals surface area contributed by atoms with E-state index in [1.807, 2.05) is 18.2 Å². The summed E-state index contributed by atoms with van der Waals surface area (Å²) in [7, 11) is 0. The van der Waals surface area contributed by atoms with Crippen molar-refractivity contribution in [3.8, 4) is 0 Å². The van der Waals surface area contributed by atoms with Crippen LogP contribution in [0.3, 0.4) is 0 Å². The van der Waals surface area contributed by atoms with E-state index in [9.17, 15) is 4.39 Å². The maximum Gasteiger partial charge on any atom is 0.207 e. The predicted octanol–water partition coefficient (Wildman–Crippen LogP) is 4.80. The molecule has 2 N–H and O–H groups in total. The van der Waals surface area contributed by atoms with Gasteiger partial charge in [-0.1, -0.05) is 41.9 Å². The SMILES string of the molecule is CC(Cc1nsc(Nc2ccc(F)c(Cl)c2)n1)NCc1ccccc1. The molecule has 1 aromatic heterocycles. The van der Waals surface area contributed by atoms with E-state index in [1.165, 1.54) is 29.2 Å². The molecule has 0 aliphatic carbocycles. The van der Waals surface area contributed by atoms with Crippen LogP contribution in [0.2, 0.25) is 5.02 Å². The van der Waals surface area contributed by atoms with E-state index in [4.69, 9.17) is 11.6 Å². The maximum absolute atomic E-state index is 13.2. The third kappa shape index (κ3) is 5.22. The Balaban J connectivity index is 1.53. The van der Waals surface area contributed by atoms with Gasteiger partial charge >= 0.3 is 0 Å². The van der Waals surface area contributed by atoms with E-state index in [0.29, 0.717) is 10.8 Å². The van der Waals surface area contributed by atoms with Crippen LogP contribution in [-0.4, -0.2) is 15.4 Å². The molecule has 0 saturated carbocycles. The molecule has 1 unspecified atom stereocenters. The molecule has 0 radical (unpaired) electrons. The van der Waals surface area contributed by atoms with E-state index in [-0.39, 0.29) is 11.1 Å². The van der Waals surface area contributed by atoms with Crippen molar-refractivity contribution in [2.45, 2.75) is 25.9 Å². The van der Waals surface area contributed by atoms with Gasteiger partial charge in [-0.05, 0) is 30.7 Å². The molecule has 3 aromatic rings. The average molecular weight is 377 g/mol. The molecule has 4 nitrogen and oxygen atoms in total. The van der Waals surface area contributed by atoms with Crippen molar-refractivity contribution in [2.75, 3.05) is 5.32 Å². The summed E-state index contributed by atoms with van der Waals surface area (Å²) in [4.78, 5) is 4.47. The van der Waals surface area contributed by atoms with Crippen molar-refractivity contribution in [1.29, 1.82) is 0 Å². The van der Waals surface area contributed by atoms with Gasteiger partial charge in [0.1, 0.15) is 11.6 Å². The first-order valence-corrected chi connectivity index (χ1v) is 9.07. The fourth-order valence-corrected chi connectivity index (χ4v) is 3.12. The minimum atomic E-state index is -0.441. The van der Waals surface area contributed by atoms with Crippen molar-refractivity contribution in [1.82, 2.24) is 14.7 Å². The average Bonchev–Trinajstić information content (AvgIpc) is 3.04. The predicted molar refractivity (Wildman–Crippen MR) is 101 cm³/mol. The number of benzene rings is 2. The molecular weight excluding hydrogens is 359 g/mol. The Morgan fingerprint density at radius 1 is 1.20 bits per heavy atom. The zero-order valence-corrected chi connectivity index (χ0v) is 15.2. The van der Waals surface area contributed by atoms with E-state index in [2.05, 4.69) is 39.0 Å². The van der Waals surface area contributed by atoms with Crippen LogP contribution in [-0.2, 0) is 13.0 Å². The Kier molecular flexibility index (Phi) is 5.96. The fraction of sp³-hybridized carbons (Fsp3) is 0.222. The normalized spacial score (nSPS) is 12.1. The molecule has 1 heterocycles. The van der Waals surface area contributed by atoms with Crippen molar-refractivity contribution in [3.63, 3.8) is 0 Å². The van der Waals surface area contributed by atoms with Crippen LogP contribution in [0.1, 0.15) is 18.3 Å². The molecule has 0 spiro atoms. The maximum atomic E-state index is 13.2. The molecule has 3 rings (SSSR count). The Hall–Kier alpha value is -2.02. The second-order valence-electron chi connectivity index (χ2n) is 5.74. The van der Waals surface area contributed by atoms with Gasteiger partial charge in [-0.3, -0.25) is 0 Å². The summed E-state index contributed by atoms with van der Waals surface area (Å²) in [5.74, 6) is 0.331. The summed E-state index contributed by atoms with van der Waals surface area (Å²) in [6.07, 6.45) is 0.731. The van der Waals surface area contributed by atoms with Crippen LogP contribution in [0.15, 0.2) is 48.5 Å². The standard InChI is InChI=1S/C18H18ClFN4S/c1-12(21-11-13-5-3-2-4-6-13)9-17-23-18(25-24-17)22-14-7-8-16(20)15(19)10-14/h2-8,10,12,21H,9,11H2,1H3,(H,22,23,24). The first-order valence-electron chi connectivity index (χ1n) is 7.92. The second kappa shape index (κ2) is 8.38. The van der Waals surface area contributed by atoms with Gasteiger partial charge in [0.05, 0.1) is 5.02 Å². The summed E-state index contributed by atoms with van der Waals surface area (Å²) < 4.78 is 17.6. The van der Waals surface area contributed by atoms with Crippen LogP contribution in [0, 0.1) is 5.82 Å². The van der Waals surface area contributed by atoms with E-state index < -0.39 is 5.82 Å². The van der Waals surface area contributed by atoms with Crippen molar-refractivity contribution in [2.24, 2.45) is 0 Å². The van der Waals surface area contributed by atoms with Crippen LogP contribution < -0.4 is 10.6 Å². The minimum Gasteiger partial charge on any atom is -0.330 e. The molecule has 0 aliphatic heterocycles. The van der Waals surface area contributed by atoms with Crippen LogP contribution >= 0.6 is 23.1 Å². The number of nitrogens with one attached hydrogen (secondary N) is 2. The lowest BCUT2D eigenvalue weighted by molar-refractivity contribution is 0.536. The molecule has 7 heteroatoms. The third-order valence-corrected chi connectivity index (χ3v) is 4.58. The molecule has 1 atom stereocenters. The molecule has 0 bridgehead atoms. The summed E-state index contributed by atoms with van der Waals surface area (Å²) in [5, 5.41) is 7.30. The third-order valence-electron chi connectivity index (χ3n) is 3.63. The Morgan fingerprint density at radius 3 is 2.76 bits per heavy atom. The van der Waals surface area contributed by atoms with Gasteiger partial charge in [0.15, 0.2) is 0 Å². The Labute approximate surface area is 155 Å². The number of rotatable bonds is 7. The second-order valence-corrected chi connectivity index (χ2v) is 6.90. The van der Waals surface area contributed by atoms with Gasteiger partial charge in [0.2, 0.25) is 5.13 Å². The highest BCUT2D eigenvalue weighted by Gasteiger charge is 2.10. The number of anilines is 2. The van der Waals surface area contributed by atoms with Crippen molar-refractivity contribution < 1.29 is 4.39 Å². The van der Waals surface area contributed by atoms with Crippen molar-refractivity contribution in [3.05, 3.63) is 70.8 Å². The molecule has 130 valence electrons. The molecular formula is C18H18ClFN4S. The van der Waals surface area contributed by atoms with Gasteiger partial charge in [-0.15, -0.1) is 0 Å². The zero-order chi connectivity index (χ0) is 17.6. The van der Waals surface area contributed by atoms with E-state index in [1.54, 1.807) is 6.07 Å². The van der Waals surface area contributed by atoms with E-state index >= 15 is 0 Å². The van der Waals surface area contributed by atoms with Crippen molar-refractivity contribution >= 4 is 34.0 Å². The highest BCUT2D eigenvalue weighted by molar-refractivity contribution is 7.09. The number of hydrogen-bond acceptors (Lipinski definition) is 5. The van der Waals surface area contributed by atoms with E-state index in [0.717, 1.165) is 18.8 Å². The van der Waals surface area contributed by atoms with Crippen LogP contribution in [0.5, 0.6) is 0 Å². The fourth-order valence-electron chi connectivity index (χ4n) is 2.32. The number of aromatic nitrogens is 2. The molecule has 2 aromatic carbocycles. The molecule has 25 heavy (non-hydrogen) atoms. The molecule has 0 aliphatic rings. The summed E-state index contributed by atoms with van der Waals surface area (Å²) in [6, 6.07) is 15.0. The minimum absolute atomic E-state index is 0.0773. The first-order chi connectivity index (χ1) is 12.1. The van der Waals surface area contributed by atoms with Crippen LogP contribution in [0.4, 0.5) is 15.2 Å². The Bertz CT molecular complexity index is 825. The van der Waals surface area contributed by atoms with Gasteiger partial charge in [-0.25, -0.2) is 9.37 Å². The smallest absolute Gasteiger partial charge is 0.207 e. The monoisotopic (exact) mass is 376 g/mol. The lowest BCUT2D eigenvalue weighted by Crippen LogP contribution is -2.27. The lowest BCUT2D eigenvalue weighted by Gasteiger charge is -2.11. The number of nitrogens with zero attached hydrogens (tertiary/aromatic N) is 2. The summed E-state index contributed by atoms with van der Waals surface area (Å²) in [6.45, 7) is 2.92. The topological polar surface area (TPSA) is 49.8 Å². The zero-order valence-electron chi connectivity index (χ0n) is 13.7. The highest BCUT2D eigenvalue weighted by Crippen LogP contribution is 2.23. The van der Waals surface area contributed by atoms with Gasteiger partial charge < -0.3 is 10.6 Å². The summed E-state index contributed by atoms with van der Waals surface area (Å²) >= 11 is 7.06. The van der Waals surface area contributed by atoms with Gasteiger partial charge in [0, 0.05) is 36.2 Å². The highest BCUT2D eigenvalue weighted by atomic mass is 35.5.